The molecule has 0 saturated heterocycles. The summed E-state index contributed by atoms with van der Waals surface area (Å²) < 4.78 is 0. The Morgan fingerprint density at radius 3 is 2.30 bits per heavy atom. The highest BCUT2D eigenvalue weighted by Crippen LogP contribution is 2.34. The van der Waals surface area contributed by atoms with Crippen molar-refractivity contribution < 1.29 is 0 Å². The first-order valence-electron chi connectivity index (χ1n) is 7.84. The Hall–Kier alpha value is -0.860. The molecule has 0 amide bonds. The molecular weight excluding hydrogens is 244 g/mol. The van der Waals surface area contributed by atoms with Crippen LogP contribution in [0.1, 0.15) is 52.1 Å². The highest BCUT2D eigenvalue weighted by molar-refractivity contribution is 5.21. The summed E-state index contributed by atoms with van der Waals surface area (Å²) in [5, 5.41) is 3.51. The van der Waals surface area contributed by atoms with E-state index in [1.165, 1.54) is 18.4 Å². The van der Waals surface area contributed by atoms with Crippen molar-refractivity contribution in [2.24, 2.45) is 5.41 Å². The molecule has 2 nitrogen and oxygen atoms in total. The average molecular weight is 276 g/mol. The SMILES string of the molecule is CCCC(C)N(C)CC(C)(C)C(NC)c1ccccc1. The molecule has 0 aliphatic rings. The lowest BCUT2D eigenvalue weighted by Crippen LogP contribution is -2.43. The van der Waals surface area contributed by atoms with Gasteiger partial charge in [0, 0.05) is 18.6 Å². The number of hydrogen-bond acceptors (Lipinski definition) is 2. The third-order valence-electron chi connectivity index (χ3n) is 4.32. The predicted molar refractivity (Wildman–Crippen MR) is 89.0 cm³/mol. The zero-order valence-electron chi connectivity index (χ0n) is 14.1. The molecule has 0 aliphatic heterocycles. The number of rotatable bonds is 8. The predicted octanol–water partition coefficient (Wildman–Crippen LogP) is 4.09. The van der Waals surface area contributed by atoms with Crippen LogP contribution in [0.15, 0.2) is 30.3 Å². The molecule has 1 aromatic rings. The third-order valence-corrected chi connectivity index (χ3v) is 4.32. The Balaban J connectivity index is 2.79. The summed E-state index contributed by atoms with van der Waals surface area (Å²) in [7, 11) is 4.31. The van der Waals surface area contributed by atoms with Gasteiger partial charge < -0.3 is 10.2 Å². The smallest absolute Gasteiger partial charge is 0.0381 e. The molecule has 114 valence electrons. The van der Waals surface area contributed by atoms with E-state index in [2.05, 4.69) is 82.3 Å². The van der Waals surface area contributed by atoms with Gasteiger partial charge in [0.05, 0.1) is 0 Å². The van der Waals surface area contributed by atoms with E-state index >= 15 is 0 Å². The first-order chi connectivity index (χ1) is 9.42. The molecular formula is C18H32N2. The molecule has 2 atom stereocenters. The number of hydrogen-bond donors (Lipinski definition) is 1. The van der Waals surface area contributed by atoms with Gasteiger partial charge in [-0.2, -0.15) is 0 Å². The van der Waals surface area contributed by atoms with Crippen LogP contribution in [-0.4, -0.2) is 31.6 Å². The standard InChI is InChI=1S/C18H32N2/c1-7-11-15(2)20(6)14-18(3,4)17(19-5)16-12-9-8-10-13-16/h8-10,12-13,15,17,19H,7,11,14H2,1-6H3. The van der Waals surface area contributed by atoms with Crippen LogP contribution in [0.25, 0.3) is 0 Å². The van der Waals surface area contributed by atoms with Gasteiger partial charge in [0.2, 0.25) is 0 Å². The molecule has 0 aliphatic carbocycles. The van der Waals surface area contributed by atoms with Gasteiger partial charge >= 0.3 is 0 Å². The Morgan fingerprint density at radius 2 is 1.80 bits per heavy atom. The lowest BCUT2D eigenvalue weighted by Gasteiger charge is -2.39. The van der Waals surface area contributed by atoms with Crippen molar-refractivity contribution in [3.05, 3.63) is 35.9 Å². The van der Waals surface area contributed by atoms with Gasteiger partial charge in [-0.05, 0) is 38.4 Å². The fourth-order valence-electron chi connectivity index (χ4n) is 3.18. The number of nitrogens with zero attached hydrogens (tertiary/aromatic N) is 1. The topological polar surface area (TPSA) is 15.3 Å². The van der Waals surface area contributed by atoms with Crippen molar-refractivity contribution >= 4 is 0 Å². The summed E-state index contributed by atoms with van der Waals surface area (Å²) >= 11 is 0. The Kier molecular flexibility index (Phi) is 6.70. The van der Waals surface area contributed by atoms with Gasteiger partial charge in [-0.1, -0.05) is 57.5 Å². The summed E-state index contributed by atoms with van der Waals surface area (Å²) in [5.41, 5.74) is 1.56. The van der Waals surface area contributed by atoms with Crippen molar-refractivity contribution in [3.8, 4) is 0 Å². The van der Waals surface area contributed by atoms with Gasteiger partial charge in [0.25, 0.3) is 0 Å². The van der Waals surface area contributed by atoms with Crippen molar-refractivity contribution in [1.82, 2.24) is 10.2 Å². The van der Waals surface area contributed by atoms with Crippen molar-refractivity contribution in [2.75, 3.05) is 20.6 Å². The quantitative estimate of drug-likeness (QED) is 0.769. The second kappa shape index (κ2) is 7.80. The van der Waals surface area contributed by atoms with Crippen LogP contribution in [0.4, 0.5) is 0 Å². The molecule has 2 heteroatoms. The second-order valence-corrected chi connectivity index (χ2v) is 6.67. The molecule has 0 radical (unpaired) electrons. The normalized spacial score (nSPS) is 15.3. The van der Waals surface area contributed by atoms with Gasteiger partial charge in [0.15, 0.2) is 0 Å². The van der Waals surface area contributed by atoms with E-state index in [1.807, 2.05) is 0 Å². The van der Waals surface area contributed by atoms with Gasteiger partial charge in [-0.15, -0.1) is 0 Å². The lowest BCUT2D eigenvalue weighted by molar-refractivity contribution is 0.128. The Morgan fingerprint density at radius 1 is 1.20 bits per heavy atom. The Bertz CT molecular complexity index is 372. The van der Waals surface area contributed by atoms with Crippen molar-refractivity contribution in [2.45, 2.75) is 52.6 Å². The fourth-order valence-corrected chi connectivity index (χ4v) is 3.18. The van der Waals surface area contributed by atoms with E-state index in [0.717, 1.165) is 6.54 Å². The van der Waals surface area contributed by atoms with Crippen LogP contribution in [0, 0.1) is 5.41 Å². The van der Waals surface area contributed by atoms with Crippen LogP contribution in [0.5, 0.6) is 0 Å². The molecule has 0 aromatic heterocycles. The van der Waals surface area contributed by atoms with Gasteiger partial charge in [-0.25, -0.2) is 0 Å². The van der Waals surface area contributed by atoms with Gasteiger partial charge in [0.1, 0.15) is 0 Å². The maximum atomic E-state index is 3.51. The molecule has 0 spiro atoms. The highest BCUT2D eigenvalue weighted by Gasteiger charge is 2.31. The van der Waals surface area contributed by atoms with E-state index in [0.29, 0.717) is 12.1 Å². The molecule has 2 unspecified atom stereocenters. The molecule has 1 rings (SSSR count). The summed E-state index contributed by atoms with van der Waals surface area (Å²) in [5.74, 6) is 0. The third kappa shape index (κ3) is 4.60. The minimum Gasteiger partial charge on any atom is -0.313 e. The monoisotopic (exact) mass is 276 g/mol. The van der Waals surface area contributed by atoms with Crippen LogP contribution in [0.3, 0.4) is 0 Å². The summed E-state index contributed by atoms with van der Waals surface area (Å²) in [6.45, 7) is 10.4. The summed E-state index contributed by atoms with van der Waals surface area (Å²) in [4.78, 5) is 2.50. The van der Waals surface area contributed by atoms with Gasteiger partial charge in [-0.3, -0.25) is 0 Å². The summed E-state index contributed by atoms with van der Waals surface area (Å²) in [6, 6.07) is 11.8. The molecule has 0 saturated carbocycles. The lowest BCUT2D eigenvalue weighted by atomic mass is 9.79. The Labute approximate surface area is 125 Å². The van der Waals surface area contributed by atoms with Crippen molar-refractivity contribution in [3.63, 3.8) is 0 Å². The molecule has 0 heterocycles. The van der Waals surface area contributed by atoms with E-state index in [-0.39, 0.29) is 5.41 Å². The van der Waals surface area contributed by atoms with Crippen molar-refractivity contribution in [1.29, 1.82) is 0 Å². The second-order valence-electron chi connectivity index (χ2n) is 6.67. The first kappa shape index (κ1) is 17.2. The minimum absolute atomic E-state index is 0.187. The maximum Gasteiger partial charge on any atom is 0.0381 e. The average Bonchev–Trinajstić information content (AvgIpc) is 2.40. The summed E-state index contributed by atoms with van der Waals surface area (Å²) in [6.07, 6.45) is 2.52. The number of nitrogens with one attached hydrogen (secondary N) is 1. The van der Waals surface area contributed by atoms with E-state index in [9.17, 15) is 0 Å². The highest BCUT2D eigenvalue weighted by atomic mass is 15.1. The van der Waals surface area contributed by atoms with Crippen LogP contribution < -0.4 is 5.32 Å². The molecule has 1 aromatic carbocycles. The maximum absolute atomic E-state index is 3.51. The first-order valence-corrected chi connectivity index (χ1v) is 7.84. The minimum atomic E-state index is 0.187. The van der Waals surface area contributed by atoms with Crippen LogP contribution in [0.2, 0.25) is 0 Å². The fraction of sp³-hybridized carbons (Fsp3) is 0.667. The molecule has 20 heavy (non-hydrogen) atoms. The largest absolute Gasteiger partial charge is 0.313 e. The molecule has 0 bridgehead atoms. The number of benzene rings is 1. The van der Waals surface area contributed by atoms with E-state index in [4.69, 9.17) is 0 Å². The van der Waals surface area contributed by atoms with E-state index < -0.39 is 0 Å². The molecule has 0 fully saturated rings. The van der Waals surface area contributed by atoms with Crippen LogP contribution >= 0.6 is 0 Å². The zero-order chi connectivity index (χ0) is 15.2. The van der Waals surface area contributed by atoms with E-state index in [1.54, 1.807) is 0 Å². The molecule has 1 N–H and O–H groups in total. The van der Waals surface area contributed by atoms with Crippen LogP contribution in [-0.2, 0) is 0 Å². The zero-order valence-corrected chi connectivity index (χ0v) is 14.1.